The van der Waals surface area contributed by atoms with Crippen molar-refractivity contribution < 1.29 is 24.9 Å². The van der Waals surface area contributed by atoms with E-state index in [1.54, 1.807) is 0 Å². The van der Waals surface area contributed by atoms with Crippen molar-refractivity contribution in [1.29, 1.82) is 0 Å². The monoisotopic (exact) mass is 246 g/mol. The SMILES string of the molecule is CC(=O)N[C@H]1[C@@H](O)[C@H](O)[C@@H](CO)O[C@@H]1N=[N+]=[N-]. The zero-order valence-electron chi connectivity index (χ0n) is 9.09. The summed E-state index contributed by atoms with van der Waals surface area (Å²) in [5, 5.41) is 33.8. The summed E-state index contributed by atoms with van der Waals surface area (Å²) < 4.78 is 5.08. The van der Waals surface area contributed by atoms with Crippen LogP contribution < -0.4 is 5.32 Å². The molecule has 5 atom stereocenters. The van der Waals surface area contributed by atoms with Crippen molar-refractivity contribution in [3.63, 3.8) is 0 Å². The van der Waals surface area contributed by atoms with E-state index in [1.807, 2.05) is 0 Å². The Morgan fingerprint density at radius 2 is 2.18 bits per heavy atom. The Balaban J connectivity index is 2.90. The fourth-order valence-corrected chi connectivity index (χ4v) is 1.64. The van der Waals surface area contributed by atoms with Gasteiger partial charge >= 0.3 is 0 Å². The molecule has 4 N–H and O–H groups in total. The number of carbonyl (C=O) groups is 1. The van der Waals surface area contributed by atoms with Crippen LogP contribution in [-0.4, -0.2) is 58.4 Å². The number of rotatable bonds is 3. The predicted octanol–water partition coefficient (Wildman–Crippen LogP) is -1.76. The second-order valence-corrected chi connectivity index (χ2v) is 3.66. The Labute approximate surface area is 96.6 Å². The third kappa shape index (κ3) is 3.05. The standard InChI is InChI=1S/C8H14N4O5/c1-3(14)10-5-7(16)6(15)4(2-13)17-8(5)11-12-9/h4-8,13,15-16H,2H2,1H3,(H,10,14)/t4-,5+,6-,7-,8+/m1/s1. The smallest absolute Gasteiger partial charge is 0.217 e. The van der Waals surface area contributed by atoms with E-state index in [1.165, 1.54) is 6.92 Å². The van der Waals surface area contributed by atoms with Crippen LogP contribution in [0.25, 0.3) is 10.4 Å². The number of azide groups is 1. The summed E-state index contributed by atoms with van der Waals surface area (Å²) in [4.78, 5) is 13.4. The molecule has 1 aliphatic rings. The molecule has 1 saturated heterocycles. The maximum atomic E-state index is 10.9. The lowest BCUT2D eigenvalue weighted by Gasteiger charge is -2.40. The summed E-state index contributed by atoms with van der Waals surface area (Å²) in [6.45, 7) is 0.673. The van der Waals surface area contributed by atoms with E-state index in [-0.39, 0.29) is 0 Å². The minimum absolute atomic E-state index is 0.467. The number of ether oxygens (including phenoxy) is 1. The van der Waals surface area contributed by atoms with Crippen molar-refractivity contribution in [3.8, 4) is 0 Å². The zero-order chi connectivity index (χ0) is 13.0. The van der Waals surface area contributed by atoms with E-state index >= 15 is 0 Å². The van der Waals surface area contributed by atoms with E-state index in [4.69, 9.17) is 15.4 Å². The van der Waals surface area contributed by atoms with Crippen LogP contribution >= 0.6 is 0 Å². The minimum atomic E-state index is -1.39. The lowest BCUT2D eigenvalue weighted by Crippen LogP contribution is -2.63. The maximum Gasteiger partial charge on any atom is 0.217 e. The van der Waals surface area contributed by atoms with Gasteiger partial charge in [-0.15, -0.1) is 0 Å². The third-order valence-corrected chi connectivity index (χ3v) is 2.44. The summed E-state index contributed by atoms with van der Waals surface area (Å²) in [5.74, 6) is -0.467. The number of aliphatic hydroxyl groups excluding tert-OH is 3. The number of nitrogens with one attached hydrogen (secondary N) is 1. The van der Waals surface area contributed by atoms with Gasteiger partial charge in [0.15, 0.2) is 6.23 Å². The van der Waals surface area contributed by atoms with Gasteiger partial charge < -0.3 is 25.4 Å². The molecule has 1 amide bonds. The van der Waals surface area contributed by atoms with Crippen molar-refractivity contribution in [2.75, 3.05) is 6.61 Å². The second kappa shape index (κ2) is 5.80. The molecule has 1 heterocycles. The van der Waals surface area contributed by atoms with E-state index in [9.17, 15) is 15.0 Å². The predicted molar refractivity (Wildman–Crippen MR) is 54.5 cm³/mol. The van der Waals surface area contributed by atoms with Gasteiger partial charge in [-0.05, 0) is 5.53 Å². The summed E-state index contributed by atoms with van der Waals surface area (Å²) >= 11 is 0. The highest BCUT2D eigenvalue weighted by atomic mass is 16.5. The van der Waals surface area contributed by atoms with Crippen LogP contribution in [0.15, 0.2) is 5.11 Å². The van der Waals surface area contributed by atoms with Gasteiger partial charge in [0.25, 0.3) is 0 Å². The molecule has 9 nitrogen and oxygen atoms in total. The van der Waals surface area contributed by atoms with Crippen LogP contribution in [0, 0.1) is 0 Å². The van der Waals surface area contributed by atoms with Crippen molar-refractivity contribution in [3.05, 3.63) is 10.4 Å². The molecule has 17 heavy (non-hydrogen) atoms. The molecule has 1 fully saturated rings. The molecule has 0 aromatic heterocycles. The van der Waals surface area contributed by atoms with Crippen molar-refractivity contribution in [2.45, 2.75) is 37.5 Å². The maximum absolute atomic E-state index is 10.9. The van der Waals surface area contributed by atoms with Gasteiger partial charge in [0, 0.05) is 11.8 Å². The first-order valence-corrected chi connectivity index (χ1v) is 4.95. The first-order valence-electron chi connectivity index (χ1n) is 4.95. The molecule has 96 valence electrons. The highest BCUT2D eigenvalue weighted by Crippen LogP contribution is 2.22. The molecular weight excluding hydrogens is 232 g/mol. The van der Waals surface area contributed by atoms with E-state index < -0.39 is 43.1 Å². The largest absolute Gasteiger partial charge is 0.394 e. The first-order chi connectivity index (χ1) is 8.01. The Hall–Kier alpha value is -1.38. The number of nitrogens with zero attached hydrogens (tertiary/aromatic N) is 3. The number of carbonyl (C=O) groups excluding carboxylic acids is 1. The molecule has 0 aliphatic carbocycles. The average molecular weight is 246 g/mol. The molecule has 0 aromatic carbocycles. The van der Waals surface area contributed by atoms with Crippen LogP contribution in [-0.2, 0) is 9.53 Å². The molecule has 0 radical (unpaired) electrons. The van der Waals surface area contributed by atoms with Crippen molar-refractivity contribution in [2.24, 2.45) is 5.11 Å². The van der Waals surface area contributed by atoms with Gasteiger partial charge in [0.2, 0.25) is 5.91 Å². The van der Waals surface area contributed by atoms with Crippen LogP contribution in [0.2, 0.25) is 0 Å². The Morgan fingerprint density at radius 3 is 2.65 bits per heavy atom. The molecule has 0 bridgehead atoms. The van der Waals surface area contributed by atoms with Gasteiger partial charge in [-0.25, -0.2) is 0 Å². The number of amides is 1. The molecule has 9 heteroatoms. The minimum Gasteiger partial charge on any atom is -0.394 e. The quantitative estimate of drug-likeness (QED) is 0.264. The van der Waals surface area contributed by atoms with Gasteiger partial charge in [-0.2, -0.15) is 0 Å². The highest BCUT2D eigenvalue weighted by Gasteiger charge is 2.44. The average Bonchev–Trinajstić information content (AvgIpc) is 2.28. The fourth-order valence-electron chi connectivity index (χ4n) is 1.64. The summed E-state index contributed by atoms with van der Waals surface area (Å²) in [7, 11) is 0. The van der Waals surface area contributed by atoms with Gasteiger partial charge in [0.05, 0.1) is 12.6 Å². The van der Waals surface area contributed by atoms with E-state index in [0.717, 1.165) is 0 Å². The van der Waals surface area contributed by atoms with Gasteiger partial charge in [0.1, 0.15) is 18.3 Å². The summed E-state index contributed by atoms with van der Waals surface area (Å²) in [5.41, 5.74) is 8.34. The Morgan fingerprint density at radius 1 is 1.53 bits per heavy atom. The molecule has 1 rings (SSSR count). The number of hydrogen-bond acceptors (Lipinski definition) is 6. The van der Waals surface area contributed by atoms with Crippen molar-refractivity contribution in [1.82, 2.24) is 5.32 Å². The number of hydrogen-bond donors (Lipinski definition) is 4. The van der Waals surface area contributed by atoms with Gasteiger partial charge in [-0.3, -0.25) is 4.79 Å². The van der Waals surface area contributed by atoms with Crippen LogP contribution in [0.5, 0.6) is 0 Å². The molecule has 0 unspecified atom stereocenters. The van der Waals surface area contributed by atoms with Crippen LogP contribution in [0.4, 0.5) is 0 Å². The first kappa shape index (κ1) is 13.7. The molecule has 1 aliphatic heterocycles. The molecular formula is C8H14N4O5. The van der Waals surface area contributed by atoms with Crippen LogP contribution in [0.3, 0.4) is 0 Å². The third-order valence-electron chi connectivity index (χ3n) is 2.44. The molecule has 0 saturated carbocycles. The second-order valence-electron chi connectivity index (χ2n) is 3.66. The topological polar surface area (TPSA) is 148 Å². The normalized spacial score (nSPS) is 37.1. The van der Waals surface area contributed by atoms with Crippen LogP contribution in [0.1, 0.15) is 6.92 Å². The fraction of sp³-hybridized carbons (Fsp3) is 0.875. The van der Waals surface area contributed by atoms with E-state index in [2.05, 4.69) is 15.3 Å². The summed E-state index contributed by atoms with van der Waals surface area (Å²) in [6.07, 6.45) is -5.01. The Kier molecular flexibility index (Phi) is 4.67. The number of aliphatic hydroxyl groups is 3. The Bertz CT molecular complexity index is 332. The van der Waals surface area contributed by atoms with Crippen molar-refractivity contribution >= 4 is 5.91 Å². The van der Waals surface area contributed by atoms with Gasteiger partial charge in [-0.1, -0.05) is 5.11 Å². The lowest BCUT2D eigenvalue weighted by atomic mass is 9.96. The molecule has 0 spiro atoms. The summed E-state index contributed by atoms with van der Waals surface area (Å²) in [6, 6.07) is -1.05. The highest BCUT2D eigenvalue weighted by molar-refractivity contribution is 5.73. The molecule has 0 aromatic rings. The van der Waals surface area contributed by atoms with E-state index in [0.29, 0.717) is 0 Å². The lowest BCUT2D eigenvalue weighted by molar-refractivity contribution is -0.193. The zero-order valence-corrected chi connectivity index (χ0v) is 9.09.